The topological polar surface area (TPSA) is 46.9 Å². The van der Waals surface area contributed by atoms with Crippen LogP contribution in [0.2, 0.25) is 15.1 Å². The molecule has 1 amide bonds. The maximum atomic E-state index is 13.2. The lowest BCUT2D eigenvalue weighted by Gasteiger charge is -2.15. The summed E-state index contributed by atoms with van der Waals surface area (Å²) in [6, 6.07) is 23.7. The van der Waals surface area contributed by atoms with Crippen molar-refractivity contribution in [3.05, 3.63) is 105 Å². The second-order valence-corrected chi connectivity index (χ2v) is 8.23. The first kappa shape index (κ1) is 21.4. The Morgan fingerprint density at radius 3 is 2.29 bits per heavy atom. The molecular formula is C24H18Cl3N3O. The number of nitrogens with zero attached hydrogens (tertiary/aromatic N) is 2. The summed E-state index contributed by atoms with van der Waals surface area (Å²) in [6.07, 6.45) is 0. The van der Waals surface area contributed by atoms with Gasteiger partial charge < -0.3 is 5.32 Å². The minimum atomic E-state index is -0.270. The van der Waals surface area contributed by atoms with Gasteiger partial charge in [-0.2, -0.15) is 5.10 Å². The SMILES string of the molecule is CC(NC(=O)c1cc(-c2ccccc2Cl)nn1-c1ccc(Cl)c(Cl)c1)c1ccccc1. The van der Waals surface area contributed by atoms with Crippen LogP contribution in [0.15, 0.2) is 78.9 Å². The second kappa shape index (κ2) is 9.15. The minimum Gasteiger partial charge on any atom is -0.344 e. The summed E-state index contributed by atoms with van der Waals surface area (Å²) in [4.78, 5) is 13.2. The van der Waals surface area contributed by atoms with E-state index < -0.39 is 0 Å². The molecule has 1 unspecified atom stereocenters. The van der Waals surface area contributed by atoms with Crippen LogP contribution >= 0.6 is 34.8 Å². The first-order chi connectivity index (χ1) is 14.9. The van der Waals surface area contributed by atoms with E-state index in [2.05, 4.69) is 10.4 Å². The maximum Gasteiger partial charge on any atom is 0.270 e. The van der Waals surface area contributed by atoms with Crippen LogP contribution in [0, 0.1) is 0 Å². The van der Waals surface area contributed by atoms with Crippen molar-refractivity contribution in [2.24, 2.45) is 0 Å². The number of nitrogens with one attached hydrogen (secondary N) is 1. The zero-order valence-electron chi connectivity index (χ0n) is 16.5. The molecule has 4 aromatic rings. The van der Waals surface area contributed by atoms with E-state index in [-0.39, 0.29) is 11.9 Å². The van der Waals surface area contributed by atoms with Gasteiger partial charge in [0.2, 0.25) is 0 Å². The lowest BCUT2D eigenvalue weighted by Crippen LogP contribution is -2.28. The number of aromatic nitrogens is 2. The molecule has 0 fully saturated rings. The molecule has 1 atom stereocenters. The predicted octanol–water partition coefficient (Wildman–Crippen LogP) is 6.99. The first-order valence-corrected chi connectivity index (χ1v) is 10.7. The fourth-order valence-electron chi connectivity index (χ4n) is 3.25. The molecular weight excluding hydrogens is 453 g/mol. The van der Waals surface area contributed by atoms with Gasteiger partial charge in [-0.1, -0.05) is 83.3 Å². The smallest absolute Gasteiger partial charge is 0.270 e. The number of hydrogen-bond acceptors (Lipinski definition) is 2. The summed E-state index contributed by atoms with van der Waals surface area (Å²) in [5.74, 6) is -0.270. The summed E-state index contributed by atoms with van der Waals surface area (Å²) in [5, 5.41) is 9.03. The molecule has 0 aliphatic heterocycles. The zero-order valence-corrected chi connectivity index (χ0v) is 18.8. The van der Waals surface area contributed by atoms with E-state index in [1.165, 1.54) is 0 Å². The highest BCUT2D eigenvalue weighted by Crippen LogP contribution is 2.30. The third-order valence-electron chi connectivity index (χ3n) is 4.89. The van der Waals surface area contributed by atoms with Gasteiger partial charge >= 0.3 is 0 Å². The van der Waals surface area contributed by atoms with E-state index in [0.717, 1.165) is 11.1 Å². The molecule has 156 valence electrons. The average Bonchev–Trinajstić information content (AvgIpc) is 3.22. The monoisotopic (exact) mass is 469 g/mol. The van der Waals surface area contributed by atoms with Gasteiger partial charge in [-0.05, 0) is 42.8 Å². The van der Waals surface area contributed by atoms with E-state index in [9.17, 15) is 4.79 Å². The molecule has 1 N–H and O–H groups in total. The van der Waals surface area contributed by atoms with Gasteiger partial charge in [0.15, 0.2) is 0 Å². The van der Waals surface area contributed by atoms with Crippen molar-refractivity contribution in [3.8, 4) is 16.9 Å². The molecule has 0 radical (unpaired) electrons. The van der Waals surface area contributed by atoms with Crippen LogP contribution < -0.4 is 5.32 Å². The van der Waals surface area contributed by atoms with Crippen LogP contribution in [0.1, 0.15) is 29.0 Å². The van der Waals surface area contributed by atoms with Crippen molar-refractivity contribution in [2.45, 2.75) is 13.0 Å². The largest absolute Gasteiger partial charge is 0.344 e. The van der Waals surface area contributed by atoms with Crippen LogP contribution in [0.25, 0.3) is 16.9 Å². The Labute approximate surface area is 195 Å². The molecule has 1 heterocycles. The Morgan fingerprint density at radius 1 is 0.871 bits per heavy atom. The summed E-state index contributed by atoms with van der Waals surface area (Å²) in [5.41, 5.74) is 3.28. The van der Waals surface area contributed by atoms with Crippen molar-refractivity contribution in [1.29, 1.82) is 0 Å². The first-order valence-electron chi connectivity index (χ1n) is 9.60. The average molecular weight is 471 g/mol. The lowest BCUT2D eigenvalue weighted by atomic mass is 10.1. The Hall–Kier alpha value is -2.79. The maximum absolute atomic E-state index is 13.2. The van der Waals surface area contributed by atoms with E-state index in [4.69, 9.17) is 34.8 Å². The molecule has 31 heavy (non-hydrogen) atoms. The molecule has 0 aliphatic carbocycles. The standard InChI is InChI=1S/C24H18Cl3N3O/c1-15(16-7-3-2-4-8-16)28-24(31)23-14-22(18-9-5-6-10-19(18)25)29-30(23)17-11-12-20(26)21(27)13-17/h2-15H,1H3,(H,28,31). The third-order valence-corrected chi connectivity index (χ3v) is 5.96. The number of amides is 1. The molecule has 1 aromatic heterocycles. The van der Waals surface area contributed by atoms with Crippen molar-refractivity contribution >= 4 is 40.7 Å². The van der Waals surface area contributed by atoms with Crippen molar-refractivity contribution in [3.63, 3.8) is 0 Å². The zero-order chi connectivity index (χ0) is 22.0. The molecule has 7 heteroatoms. The van der Waals surface area contributed by atoms with E-state index in [0.29, 0.717) is 32.1 Å². The van der Waals surface area contributed by atoms with Crippen LogP contribution in [0.3, 0.4) is 0 Å². The Balaban J connectivity index is 1.77. The molecule has 4 nitrogen and oxygen atoms in total. The number of hydrogen-bond donors (Lipinski definition) is 1. The van der Waals surface area contributed by atoms with Gasteiger partial charge in [-0.25, -0.2) is 4.68 Å². The van der Waals surface area contributed by atoms with Gasteiger partial charge in [-0.15, -0.1) is 0 Å². The Morgan fingerprint density at radius 2 is 1.58 bits per heavy atom. The highest BCUT2D eigenvalue weighted by atomic mass is 35.5. The number of benzene rings is 3. The van der Waals surface area contributed by atoms with E-state index in [1.807, 2.05) is 55.5 Å². The third kappa shape index (κ3) is 4.62. The van der Waals surface area contributed by atoms with Crippen molar-refractivity contribution < 1.29 is 4.79 Å². The molecule has 0 saturated carbocycles. The number of carbonyl (C=O) groups is 1. The summed E-state index contributed by atoms with van der Waals surface area (Å²) in [6.45, 7) is 1.93. The van der Waals surface area contributed by atoms with Gasteiger partial charge in [0.05, 0.1) is 32.5 Å². The van der Waals surface area contributed by atoms with Crippen LogP contribution in [0.4, 0.5) is 0 Å². The molecule has 4 rings (SSSR count). The lowest BCUT2D eigenvalue weighted by molar-refractivity contribution is 0.0932. The van der Waals surface area contributed by atoms with Gasteiger partial charge in [0.1, 0.15) is 5.69 Å². The predicted molar refractivity (Wildman–Crippen MR) is 126 cm³/mol. The number of carbonyl (C=O) groups excluding carboxylic acids is 1. The molecule has 3 aromatic carbocycles. The highest BCUT2D eigenvalue weighted by Gasteiger charge is 2.21. The fourth-order valence-corrected chi connectivity index (χ4v) is 3.78. The van der Waals surface area contributed by atoms with Gasteiger partial charge in [0.25, 0.3) is 5.91 Å². The van der Waals surface area contributed by atoms with Crippen LogP contribution in [-0.2, 0) is 0 Å². The Kier molecular flexibility index (Phi) is 6.33. The second-order valence-electron chi connectivity index (χ2n) is 7.01. The van der Waals surface area contributed by atoms with Crippen LogP contribution in [0.5, 0.6) is 0 Å². The fraction of sp³-hybridized carbons (Fsp3) is 0.0833. The summed E-state index contributed by atoms with van der Waals surface area (Å²) >= 11 is 18.7. The molecule has 0 saturated heterocycles. The van der Waals surface area contributed by atoms with E-state index >= 15 is 0 Å². The van der Waals surface area contributed by atoms with Gasteiger partial charge in [-0.3, -0.25) is 4.79 Å². The quantitative estimate of drug-likeness (QED) is 0.342. The van der Waals surface area contributed by atoms with Crippen LogP contribution in [-0.4, -0.2) is 15.7 Å². The normalized spacial score (nSPS) is 11.9. The van der Waals surface area contributed by atoms with Crippen molar-refractivity contribution in [2.75, 3.05) is 0 Å². The molecule has 0 spiro atoms. The molecule has 0 aliphatic rings. The minimum absolute atomic E-state index is 0.186. The Bertz CT molecular complexity index is 1240. The number of halogens is 3. The highest BCUT2D eigenvalue weighted by molar-refractivity contribution is 6.42. The summed E-state index contributed by atoms with van der Waals surface area (Å²) < 4.78 is 1.55. The number of rotatable bonds is 5. The van der Waals surface area contributed by atoms with Gasteiger partial charge in [0, 0.05) is 5.56 Å². The molecule has 0 bridgehead atoms. The van der Waals surface area contributed by atoms with Crippen molar-refractivity contribution in [1.82, 2.24) is 15.1 Å². The van der Waals surface area contributed by atoms with E-state index in [1.54, 1.807) is 35.0 Å². The summed E-state index contributed by atoms with van der Waals surface area (Å²) in [7, 11) is 0.